The lowest BCUT2D eigenvalue weighted by Gasteiger charge is -2.17. The Morgan fingerprint density at radius 2 is 1.92 bits per heavy atom. The molecule has 2 rings (SSSR count). The van der Waals surface area contributed by atoms with Gasteiger partial charge in [0.25, 0.3) is 0 Å². The summed E-state index contributed by atoms with van der Waals surface area (Å²) in [7, 11) is 1.74. The molecule has 1 aliphatic carbocycles. The Morgan fingerprint density at radius 3 is 2.52 bits per heavy atom. The third kappa shape index (κ3) is 6.82. The number of rotatable bonds is 10. The Morgan fingerprint density at radius 1 is 1.24 bits per heavy atom. The van der Waals surface area contributed by atoms with Gasteiger partial charge in [0.2, 0.25) is 11.8 Å². The SMILES string of the molecule is CN(Cc1ccc(OCC(=O)O)cc1)C(=O)CCCNC(=O)C1CC1. The minimum Gasteiger partial charge on any atom is -0.482 e. The van der Waals surface area contributed by atoms with Gasteiger partial charge < -0.3 is 20.1 Å². The second kappa shape index (κ2) is 9.05. The number of ether oxygens (including phenoxy) is 1. The average molecular weight is 348 g/mol. The molecular formula is C18H24N2O5. The Labute approximate surface area is 147 Å². The van der Waals surface area contributed by atoms with Gasteiger partial charge in [-0.3, -0.25) is 9.59 Å². The number of aliphatic carboxylic acids is 1. The second-order valence-corrected chi connectivity index (χ2v) is 6.25. The fourth-order valence-electron chi connectivity index (χ4n) is 2.33. The number of nitrogens with one attached hydrogen (secondary N) is 1. The fourth-order valence-corrected chi connectivity index (χ4v) is 2.33. The maximum atomic E-state index is 12.1. The summed E-state index contributed by atoms with van der Waals surface area (Å²) >= 11 is 0. The number of carbonyl (C=O) groups excluding carboxylic acids is 2. The van der Waals surface area contributed by atoms with Crippen molar-refractivity contribution < 1.29 is 24.2 Å². The van der Waals surface area contributed by atoms with Gasteiger partial charge in [0.15, 0.2) is 6.61 Å². The van der Waals surface area contributed by atoms with E-state index in [2.05, 4.69) is 5.32 Å². The fraction of sp³-hybridized carbons (Fsp3) is 0.500. The lowest BCUT2D eigenvalue weighted by Crippen LogP contribution is -2.29. The van der Waals surface area contributed by atoms with Crippen molar-refractivity contribution in [3.63, 3.8) is 0 Å². The quantitative estimate of drug-likeness (QED) is 0.623. The topological polar surface area (TPSA) is 95.9 Å². The van der Waals surface area contributed by atoms with Crippen molar-refractivity contribution in [1.29, 1.82) is 0 Å². The monoisotopic (exact) mass is 348 g/mol. The van der Waals surface area contributed by atoms with Crippen LogP contribution in [0, 0.1) is 5.92 Å². The maximum absolute atomic E-state index is 12.1. The first-order valence-corrected chi connectivity index (χ1v) is 8.41. The van der Waals surface area contributed by atoms with Gasteiger partial charge in [0.1, 0.15) is 5.75 Å². The smallest absolute Gasteiger partial charge is 0.341 e. The molecule has 0 spiro atoms. The number of benzene rings is 1. The molecule has 2 N–H and O–H groups in total. The van der Waals surface area contributed by atoms with E-state index in [1.54, 1.807) is 36.2 Å². The lowest BCUT2D eigenvalue weighted by atomic mass is 10.2. The summed E-state index contributed by atoms with van der Waals surface area (Å²) in [4.78, 5) is 35.7. The van der Waals surface area contributed by atoms with E-state index in [4.69, 9.17) is 9.84 Å². The van der Waals surface area contributed by atoms with E-state index in [0.717, 1.165) is 18.4 Å². The first-order chi connectivity index (χ1) is 12.0. The number of carbonyl (C=O) groups is 3. The highest BCUT2D eigenvalue weighted by Crippen LogP contribution is 2.28. The molecule has 0 aromatic heterocycles. The van der Waals surface area contributed by atoms with Crippen LogP contribution < -0.4 is 10.1 Å². The van der Waals surface area contributed by atoms with Gasteiger partial charge in [-0.05, 0) is 37.0 Å². The van der Waals surface area contributed by atoms with Crippen LogP contribution in [0.3, 0.4) is 0 Å². The zero-order valence-electron chi connectivity index (χ0n) is 14.4. The van der Waals surface area contributed by atoms with Crippen molar-refractivity contribution in [3.8, 4) is 5.75 Å². The summed E-state index contributed by atoms with van der Waals surface area (Å²) in [6.07, 6.45) is 2.98. The second-order valence-electron chi connectivity index (χ2n) is 6.25. The summed E-state index contributed by atoms with van der Waals surface area (Å²) in [5.41, 5.74) is 0.931. The minimum atomic E-state index is -1.03. The number of amides is 2. The molecule has 2 amide bonds. The van der Waals surface area contributed by atoms with E-state index in [-0.39, 0.29) is 24.3 Å². The van der Waals surface area contributed by atoms with Crippen LogP contribution in [0.1, 0.15) is 31.2 Å². The van der Waals surface area contributed by atoms with Gasteiger partial charge >= 0.3 is 5.97 Å². The Hall–Kier alpha value is -2.57. The minimum absolute atomic E-state index is 0.0203. The van der Waals surface area contributed by atoms with Crippen LogP contribution in [0.15, 0.2) is 24.3 Å². The van der Waals surface area contributed by atoms with E-state index >= 15 is 0 Å². The molecule has 1 aromatic rings. The van der Waals surface area contributed by atoms with E-state index in [9.17, 15) is 14.4 Å². The van der Waals surface area contributed by atoms with Crippen LogP contribution >= 0.6 is 0 Å². The van der Waals surface area contributed by atoms with Gasteiger partial charge in [-0.2, -0.15) is 0 Å². The first-order valence-electron chi connectivity index (χ1n) is 8.41. The normalized spacial score (nSPS) is 13.2. The number of hydrogen-bond donors (Lipinski definition) is 2. The molecule has 0 heterocycles. The molecule has 1 aromatic carbocycles. The van der Waals surface area contributed by atoms with Gasteiger partial charge in [-0.25, -0.2) is 4.79 Å². The third-order valence-electron chi connectivity index (χ3n) is 3.95. The van der Waals surface area contributed by atoms with Gasteiger partial charge in [0, 0.05) is 32.5 Å². The van der Waals surface area contributed by atoms with Crippen LogP contribution in [-0.4, -0.2) is 48.0 Å². The zero-order valence-corrected chi connectivity index (χ0v) is 14.4. The Bertz CT molecular complexity index is 610. The van der Waals surface area contributed by atoms with E-state index in [1.807, 2.05) is 0 Å². The van der Waals surface area contributed by atoms with E-state index < -0.39 is 5.97 Å². The molecular weight excluding hydrogens is 324 g/mol. The Balaban J connectivity index is 1.67. The molecule has 0 bridgehead atoms. The standard InChI is InChI=1S/C18H24N2O5/c1-20(16(21)3-2-10-19-18(24)14-6-7-14)11-13-4-8-15(9-5-13)25-12-17(22)23/h4-5,8-9,14H,2-3,6-7,10-12H2,1H3,(H,19,24)(H,22,23). The van der Waals surface area contributed by atoms with Crippen LogP contribution in [0.4, 0.5) is 0 Å². The molecule has 0 unspecified atom stereocenters. The van der Waals surface area contributed by atoms with Crippen molar-refractivity contribution in [2.45, 2.75) is 32.2 Å². The summed E-state index contributed by atoms with van der Waals surface area (Å²) in [6.45, 7) is 0.617. The van der Waals surface area contributed by atoms with E-state index in [0.29, 0.717) is 31.7 Å². The largest absolute Gasteiger partial charge is 0.482 e. The van der Waals surface area contributed by atoms with Crippen molar-refractivity contribution in [3.05, 3.63) is 29.8 Å². The van der Waals surface area contributed by atoms with Crippen molar-refractivity contribution >= 4 is 17.8 Å². The first kappa shape index (κ1) is 18.8. The Kier molecular flexibility index (Phi) is 6.80. The molecule has 0 atom stereocenters. The predicted molar refractivity (Wildman–Crippen MR) is 91.0 cm³/mol. The lowest BCUT2D eigenvalue weighted by molar-refractivity contribution is -0.139. The molecule has 0 saturated heterocycles. The third-order valence-corrected chi connectivity index (χ3v) is 3.95. The molecule has 136 valence electrons. The zero-order chi connectivity index (χ0) is 18.2. The van der Waals surface area contributed by atoms with Crippen molar-refractivity contribution in [1.82, 2.24) is 10.2 Å². The highest BCUT2D eigenvalue weighted by molar-refractivity contribution is 5.81. The average Bonchev–Trinajstić information content (AvgIpc) is 3.42. The summed E-state index contributed by atoms with van der Waals surface area (Å²) in [5.74, 6) is -0.229. The maximum Gasteiger partial charge on any atom is 0.341 e. The molecule has 0 aliphatic heterocycles. The highest BCUT2D eigenvalue weighted by Gasteiger charge is 2.29. The van der Waals surface area contributed by atoms with Gasteiger partial charge in [0.05, 0.1) is 0 Å². The van der Waals surface area contributed by atoms with Crippen LogP contribution in [0.5, 0.6) is 5.75 Å². The molecule has 0 radical (unpaired) electrons. The molecule has 7 nitrogen and oxygen atoms in total. The molecule has 25 heavy (non-hydrogen) atoms. The summed E-state index contributed by atoms with van der Waals surface area (Å²) < 4.78 is 5.07. The van der Waals surface area contributed by atoms with Crippen LogP contribution in [0.25, 0.3) is 0 Å². The molecule has 1 saturated carbocycles. The number of hydrogen-bond acceptors (Lipinski definition) is 4. The molecule has 7 heteroatoms. The number of carboxylic acid groups (broad SMARTS) is 1. The van der Waals surface area contributed by atoms with Crippen molar-refractivity contribution in [2.75, 3.05) is 20.2 Å². The molecule has 1 fully saturated rings. The van der Waals surface area contributed by atoms with E-state index in [1.165, 1.54) is 0 Å². The molecule has 1 aliphatic rings. The number of nitrogens with zero attached hydrogens (tertiary/aromatic N) is 1. The number of carboxylic acids is 1. The highest BCUT2D eigenvalue weighted by atomic mass is 16.5. The van der Waals surface area contributed by atoms with Crippen molar-refractivity contribution in [2.24, 2.45) is 5.92 Å². The summed E-state index contributed by atoms with van der Waals surface area (Å²) in [6, 6.07) is 6.97. The predicted octanol–water partition coefficient (Wildman–Crippen LogP) is 1.41. The van der Waals surface area contributed by atoms with Crippen LogP contribution in [0.2, 0.25) is 0 Å². The summed E-state index contributed by atoms with van der Waals surface area (Å²) in [5, 5.41) is 11.4. The van der Waals surface area contributed by atoms with Crippen LogP contribution in [-0.2, 0) is 20.9 Å². The van der Waals surface area contributed by atoms with Gasteiger partial charge in [-0.15, -0.1) is 0 Å². The van der Waals surface area contributed by atoms with Gasteiger partial charge in [-0.1, -0.05) is 12.1 Å².